The van der Waals surface area contributed by atoms with Gasteiger partial charge in [-0.2, -0.15) is 13.2 Å². The number of amides is 3. The number of rotatable bonds is 2. The maximum absolute atomic E-state index is 12.8. The topological polar surface area (TPSA) is 110 Å². The van der Waals surface area contributed by atoms with Crippen LogP contribution < -0.4 is 20.1 Å². The van der Waals surface area contributed by atoms with Crippen molar-refractivity contribution in [2.24, 2.45) is 0 Å². The molecule has 1 aromatic heterocycles. The van der Waals surface area contributed by atoms with Crippen LogP contribution in [0.4, 0.5) is 13.2 Å². The maximum atomic E-state index is 12.8. The summed E-state index contributed by atoms with van der Waals surface area (Å²) < 4.78 is 49.0. The van der Waals surface area contributed by atoms with Crippen LogP contribution in [0.5, 0.6) is 11.5 Å². The van der Waals surface area contributed by atoms with E-state index in [0.717, 1.165) is 12.3 Å². The van der Waals surface area contributed by atoms with Crippen LogP contribution >= 0.6 is 0 Å². The molecule has 1 aromatic carbocycles. The number of alkyl halides is 3. The van der Waals surface area contributed by atoms with Gasteiger partial charge in [-0.05, 0) is 30.7 Å². The van der Waals surface area contributed by atoms with Crippen LogP contribution in [-0.2, 0) is 11.0 Å². The Balaban J connectivity index is 1.73. The largest absolute Gasteiger partial charge is 0.497 e. The zero-order valence-corrected chi connectivity index (χ0v) is 18.3. The fraction of sp³-hybridized carbons (Fsp3) is 0.364. The number of nitrogens with zero attached hydrogens (tertiary/aromatic N) is 2. The van der Waals surface area contributed by atoms with Gasteiger partial charge < -0.3 is 25.0 Å². The van der Waals surface area contributed by atoms with E-state index in [4.69, 9.17) is 9.47 Å². The van der Waals surface area contributed by atoms with E-state index in [1.807, 2.05) is 0 Å². The first-order chi connectivity index (χ1) is 16.2. The van der Waals surface area contributed by atoms with Gasteiger partial charge in [-0.1, -0.05) is 0 Å². The fourth-order valence-electron chi connectivity index (χ4n) is 3.21. The predicted molar refractivity (Wildman–Crippen MR) is 114 cm³/mol. The summed E-state index contributed by atoms with van der Waals surface area (Å²) in [6, 6.07) is 6.47. The highest BCUT2D eigenvalue weighted by Crippen LogP contribution is 2.27. The number of aromatic nitrogens is 1. The van der Waals surface area contributed by atoms with Crippen LogP contribution in [0.15, 0.2) is 36.5 Å². The van der Waals surface area contributed by atoms with Crippen molar-refractivity contribution in [3.8, 4) is 11.5 Å². The van der Waals surface area contributed by atoms with E-state index in [0.29, 0.717) is 24.0 Å². The van der Waals surface area contributed by atoms with Crippen LogP contribution in [0.3, 0.4) is 0 Å². The van der Waals surface area contributed by atoms with Gasteiger partial charge in [-0.25, -0.2) is 0 Å². The molecular formula is C22H23F3N4O5. The molecule has 0 unspecified atom stereocenters. The van der Waals surface area contributed by atoms with Gasteiger partial charge >= 0.3 is 6.18 Å². The van der Waals surface area contributed by atoms with E-state index in [9.17, 15) is 27.6 Å². The predicted octanol–water partition coefficient (Wildman–Crippen LogP) is 1.88. The number of fused-ring (bicyclic) bond motifs is 1. The summed E-state index contributed by atoms with van der Waals surface area (Å²) in [7, 11) is 1.48. The van der Waals surface area contributed by atoms with Gasteiger partial charge in [0.05, 0.1) is 31.3 Å². The molecule has 0 saturated carbocycles. The number of carbonyl (C=O) groups excluding carboxylic acids is 3. The van der Waals surface area contributed by atoms with Crippen molar-refractivity contribution in [1.82, 2.24) is 20.5 Å². The minimum atomic E-state index is -4.63. The number of pyridine rings is 1. The molecule has 9 nitrogen and oxygen atoms in total. The average molecular weight is 480 g/mol. The number of benzene rings is 1. The normalized spacial score (nSPS) is 15.8. The van der Waals surface area contributed by atoms with Crippen molar-refractivity contribution in [2.45, 2.75) is 12.6 Å². The SMILES string of the molecule is COc1ccc2c(c1)OCCNC(=O)CN(C(=O)c1ccc(C(F)(F)F)nc1)CCCNC2=O. The molecule has 182 valence electrons. The summed E-state index contributed by atoms with van der Waals surface area (Å²) in [6.45, 7) is 0.0929. The lowest BCUT2D eigenvalue weighted by atomic mass is 10.1. The molecule has 12 heteroatoms. The fourth-order valence-corrected chi connectivity index (χ4v) is 3.21. The third-order valence-electron chi connectivity index (χ3n) is 4.93. The van der Waals surface area contributed by atoms with Crippen molar-refractivity contribution < 1.29 is 37.0 Å². The van der Waals surface area contributed by atoms with Crippen molar-refractivity contribution in [3.63, 3.8) is 0 Å². The molecule has 0 atom stereocenters. The third-order valence-corrected chi connectivity index (χ3v) is 4.93. The summed E-state index contributed by atoms with van der Waals surface area (Å²) in [5.41, 5.74) is -0.923. The molecule has 0 bridgehead atoms. The first kappa shape index (κ1) is 24.8. The lowest BCUT2D eigenvalue weighted by Crippen LogP contribution is -2.43. The molecule has 0 fully saturated rings. The number of hydrogen-bond donors (Lipinski definition) is 2. The Morgan fingerprint density at radius 2 is 1.94 bits per heavy atom. The molecule has 2 aromatic rings. The van der Waals surface area contributed by atoms with Crippen LogP contribution in [-0.4, -0.2) is 67.5 Å². The number of hydrogen-bond acceptors (Lipinski definition) is 6. The Hall–Kier alpha value is -3.83. The van der Waals surface area contributed by atoms with Gasteiger partial charge in [-0.3, -0.25) is 19.4 Å². The summed E-state index contributed by atoms with van der Waals surface area (Å²) in [4.78, 5) is 42.3. The average Bonchev–Trinajstić information content (AvgIpc) is 2.82. The number of nitrogens with one attached hydrogen (secondary N) is 2. The monoisotopic (exact) mass is 480 g/mol. The summed E-state index contributed by atoms with van der Waals surface area (Å²) in [6.07, 6.45) is -3.50. The molecule has 1 aliphatic heterocycles. The second kappa shape index (κ2) is 10.9. The van der Waals surface area contributed by atoms with E-state index in [-0.39, 0.29) is 49.8 Å². The van der Waals surface area contributed by atoms with E-state index in [1.54, 1.807) is 18.2 Å². The summed E-state index contributed by atoms with van der Waals surface area (Å²) >= 11 is 0. The first-order valence-electron chi connectivity index (χ1n) is 10.4. The second-order valence-corrected chi connectivity index (χ2v) is 7.33. The smallest absolute Gasteiger partial charge is 0.433 e. The Morgan fingerprint density at radius 1 is 1.15 bits per heavy atom. The van der Waals surface area contributed by atoms with E-state index < -0.39 is 23.7 Å². The van der Waals surface area contributed by atoms with Crippen molar-refractivity contribution in [2.75, 3.05) is 39.9 Å². The Morgan fingerprint density at radius 3 is 2.62 bits per heavy atom. The molecule has 2 heterocycles. The molecule has 0 saturated heterocycles. The van der Waals surface area contributed by atoms with Gasteiger partial charge in [-0.15, -0.1) is 0 Å². The van der Waals surface area contributed by atoms with Gasteiger partial charge in [0, 0.05) is 25.4 Å². The molecule has 2 N–H and O–H groups in total. The maximum Gasteiger partial charge on any atom is 0.433 e. The van der Waals surface area contributed by atoms with E-state index >= 15 is 0 Å². The minimum Gasteiger partial charge on any atom is -0.497 e. The third kappa shape index (κ3) is 6.36. The Bertz CT molecular complexity index is 1040. The van der Waals surface area contributed by atoms with Crippen molar-refractivity contribution in [3.05, 3.63) is 53.3 Å². The molecule has 0 radical (unpaired) electrons. The molecule has 3 amide bonds. The molecular weight excluding hydrogens is 457 g/mol. The number of carbonyl (C=O) groups is 3. The number of methoxy groups -OCH3 is 1. The summed E-state index contributed by atoms with van der Waals surface area (Å²) in [5.74, 6) is -0.700. The highest BCUT2D eigenvalue weighted by Gasteiger charge is 2.32. The summed E-state index contributed by atoms with van der Waals surface area (Å²) in [5, 5.41) is 5.35. The van der Waals surface area contributed by atoms with Gasteiger partial charge in [0.2, 0.25) is 5.91 Å². The van der Waals surface area contributed by atoms with E-state index in [2.05, 4.69) is 15.6 Å². The molecule has 0 spiro atoms. The number of halogens is 3. The van der Waals surface area contributed by atoms with Gasteiger partial charge in [0.15, 0.2) is 0 Å². The van der Waals surface area contributed by atoms with Crippen molar-refractivity contribution in [1.29, 1.82) is 0 Å². The van der Waals surface area contributed by atoms with Gasteiger partial charge in [0.1, 0.15) is 23.8 Å². The Kier molecular flexibility index (Phi) is 7.92. The molecule has 0 aliphatic carbocycles. The Labute approximate surface area is 193 Å². The van der Waals surface area contributed by atoms with E-state index in [1.165, 1.54) is 12.0 Å². The zero-order valence-electron chi connectivity index (χ0n) is 18.3. The van der Waals surface area contributed by atoms with Crippen LogP contribution in [0.2, 0.25) is 0 Å². The van der Waals surface area contributed by atoms with Crippen molar-refractivity contribution >= 4 is 17.7 Å². The first-order valence-corrected chi connectivity index (χ1v) is 10.4. The standard InChI is InChI=1S/C22H23F3N4O5/c1-33-15-4-5-16-17(11-15)34-10-8-26-19(30)13-29(9-2-7-27-20(16)31)21(32)14-3-6-18(28-12-14)22(23,24)25/h3-6,11-12H,2,7-10,13H2,1H3,(H,26,30)(H,27,31). The quantitative estimate of drug-likeness (QED) is 0.680. The highest BCUT2D eigenvalue weighted by atomic mass is 19.4. The molecule has 1 aliphatic rings. The van der Waals surface area contributed by atoms with Crippen LogP contribution in [0.25, 0.3) is 0 Å². The lowest BCUT2D eigenvalue weighted by Gasteiger charge is -2.23. The number of ether oxygens (including phenoxy) is 2. The molecule has 3 rings (SSSR count). The van der Waals surface area contributed by atoms with Crippen LogP contribution in [0.1, 0.15) is 32.8 Å². The lowest BCUT2D eigenvalue weighted by molar-refractivity contribution is -0.141. The second-order valence-electron chi connectivity index (χ2n) is 7.33. The highest BCUT2D eigenvalue weighted by molar-refractivity contribution is 5.97. The van der Waals surface area contributed by atoms with Crippen LogP contribution in [0, 0.1) is 0 Å². The zero-order chi connectivity index (χ0) is 24.7. The van der Waals surface area contributed by atoms with Gasteiger partial charge in [0.25, 0.3) is 11.8 Å². The molecule has 34 heavy (non-hydrogen) atoms. The minimum absolute atomic E-state index is 0.0515.